The third kappa shape index (κ3) is 4.25. The molecule has 0 atom stereocenters. The van der Waals surface area contributed by atoms with E-state index in [1.54, 1.807) is 36.4 Å². The summed E-state index contributed by atoms with van der Waals surface area (Å²) in [6.45, 7) is 5.88. The molecule has 5 nitrogen and oxygen atoms in total. The van der Waals surface area contributed by atoms with Crippen molar-refractivity contribution in [3.05, 3.63) is 64.7 Å². The number of aromatic nitrogens is 2. The average Bonchev–Trinajstić information content (AvgIpc) is 2.67. The first-order valence-electron chi connectivity index (χ1n) is 9.03. The fourth-order valence-electron chi connectivity index (χ4n) is 2.69. The molecule has 1 aromatic heterocycles. The van der Waals surface area contributed by atoms with Gasteiger partial charge in [-0.1, -0.05) is 43.0 Å². The summed E-state index contributed by atoms with van der Waals surface area (Å²) >= 11 is 1.11. The Morgan fingerprint density at radius 1 is 1.18 bits per heavy atom. The lowest BCUT2D eigenvalue weighted by Gasteiger charge is -2.24. The number of benzene rings is 2. The molecular weight excluding hydrogens is 377 g/mol. The third-order valence-corrected chi connectivity index (χ3v) is 5.47. The third-order valence-electron chi connectivity index (χ3n) is 4.53. The van der Waals surface area contributed by atoms with Crippen LogP contribution in [0.3, 0.4) is 0 Å². The van der Waals surface area contributed by atoms with E-state index in [2.05, 4.69) is 10.3 Å². The first-order chi connectivity index (χ1) is 13.3. The fourth-order valence-corrected chi connectivity index (χ4v) is 3.49. The number of amides is 1. The van der Waals surface area contributed by atoms with E-state index >= 15 is 0 Å². The van der Waals surface area contributed by atoms with E-state index in [0.29, 0.717) is 10.9 Å². The molecule has 0 spiro atoms. The molecule has 7 heteroatoms. The van der Waals surface area contributed by atoms with Crippen LogP contribution in [0.25, 0.3) is 16.6 Å². The molecule has 0 fully saturated rings. The number of nitrogens with zero attached hydrogens (tertiary/aromatic N) is 2. The van der Waals surface area contributed by atoms with Gasteiger partial charge in [-0.2, -0.15) is 0 Å². The number of thioether (sulfide) groups is 1. The highest BCUT2D eigenvalue weighted by atomic mass is 32.2. The van der Waals surface area contributed by atoms with Crippen LogP contribution in [-0.4, -0.2) is 26.8 Å². The highest BCUT2D eigenvalue weighted by Gasteiger charge is 2.20. The molecule has 0 aliphatic rings. The Kier molecular flexibility index (Phi) is 5.84. The van der Waals surface area contributed by atoms with Gasteiger partial charge in [0.25, 0.3) is 5.56 Å². The van der Waals surface area contributed by atoms with Crippen LogP contribution in [0.5, 0.6) is 0 Å². The van der Waals surface area contributed by atoms with Gasteiger partial charge in [-0.25, -0.2) is 9.37 Å². The minimum atomic E-state index is -0.528. The number of hydrogen-bond donors (Lipinski definition) is 1. The molecule has 28 heavy (non-hydrogen) atoms. The zero-order valence-corrected chi connectivity index (χ0v) is 16.8. The molecule has 3 aromatic rings. The topological polar surface area (TPSA) is 64.0 Å². The Hall–Kier alpha value is -2.67. The summed E-state index contributed by atoms with van der Waals surface area (Å²) in [5, 5.41) is 3.62. The largest absolute Gasteiger partial charge is 0.351 e. The SMILES string of the molecule is CCC(C)(C)NC(=O)CSc1nc2ccccc2c(=O)n1-c1ccccc1F. The summed E-state index contributed by atoms with van der Waals surface area (Å²) in [6, 6.07) is 13.0. The maximum Gasteiger partial charge on any atom is 0.266 e. The number of halogens is 1. The normalized spacial score (nSPS) is 11.6. The molecule has 0 aliphatic carbocycles. The van der Waals surface area contributed by atoms with Gasteiger partial charge in [-0.3, -0.25) is 14.2 Å². The van der Waals surface area contributed by atoms with Crippen LogP contribution in [0, 0.1) is 5.82 Å². The smallest absolute Gasteiger partial charge is 0.266 e. The summed E-state index contributed by atoms with van der Waals surface area (Å²) < 4.78 is 15.7. The first-order valence-corrected chi connectivity index (χ1v) is 10.0. The van der Waals surface area contributed by atoms with E-state index in [-0.39, 0.29) is 33.6 Å². The number of carbonyl (C=O) groups is 1. The van der Waals surface area contributed by atoms with Gasteiger partial charge in [0.2, 0.25) is 5.91 Å². The minimum absolute atomic E-state index is 0.0721. The molecule has 0 aliphatic heterocycles. The Bertz CT molecular complexity index is 1080. The van der Waals surface area contributed by atoms with Gasteiger partial charge in [0.1, 0.15) is 5.82 Å². The van der Waals surface area contributed by atoms with Crippen molar-refractivity contribution in [1.29, 1.82) is 0 Å². The lowest BCUT2D eigenvalue weighted by molar-refractivity contribution is -0.120. The van der Waals surface area contributed by atoms with Gasteiger partial charge in [0, 0.05) is 5.54 Å². The summed E-state index contributed by atoms with van der Waals surface area (Å²) in [5.74, 6) is -0.623. The van der Waals surface area contributed by atoms with E-state index in [4.69, 9.17) is 0 Å². The van der Waals surface area contributed by atoms with Gasteiger partial charge in [-0.05, 0) is 44.5 Å². The number of nitrogens with one attached hydrogen (secondary N) is 1. The monoisotopic (exact) mass is 399 g/mol. The zero-order valence-electron chi connectivity index (χ0n) is 16.0. The van der Waals surface area contributed by atoms with Crippen LogP contribution < -0.4 is 10.9 Å². The number of para-hydroxylation sites is 2. The van der Waals surface area contributed by atoms with Crippen molar-refractivity contribution in [3.63, 3.8) is 0 Å². The van der Waals surface area contributed by atoms with Crippen molar-refractivity contribution in [2.24, 2.45) is 0 Å². The summed E-state index contributed by atoms with van der Waals surface area (Å²) in [6.07, 6.45) is 0.789. The van der Waals surface area contributed by atoms with Gasteiger partial charge in [0.15, 0.2) is 5.16 Å². The predicted molar refractivity (Wildman–Crippen MR) is 111 cm³/mol. The predicted octanol–water partition coefficient (Wildman–Crippen LogP) is 3.92. The Labute approximate surface area is 167 Å². The standard InChI is InChI=1S/C21H22FN3O2S/c1-4-21(2,3)24-18(26)13-28-20-23-16-11-7-5-9-14(16)19(27)25(20)17-12-8-6-10-15(17)22/h5-12H,4,13H2,1-3H3,(H,24,26). The van der Waals surface area contributed by atoms with E-state index in [1.165, 1.54) is 16.7 Å². The molecule has 1 heterocycles. The van der Waals surface area contributed by atoms with Gasteiger partial charge >= 0.3 is 0 Å². The molecule has 3 rings (SSSR count). The molecule has 0 saturated heterocycles. The van der Waals surface area contributed by atoms with E-state index in [1.807, 2.05) is 20.8 Å². The van der Waals surface area contributed by atoms with Crippen LogP contribution in [0.4, 0.5) is 4.39 Å². The molecule has 1 N–H and O–H groups in total. The fraction of sp³-hybridized carbons (Fsp3) is 0.286. The molecular formula is C21H22FN3O2S. The maximum atomic E-state index is 14.4. The second kappa shape index (κ2) is 8.14. The number of rotatable bonds is 6. The molecule has 0 bridgehead atoms. The molecule has 0 unspecified atom stereocenters. The van der Waals surface area contributed by atoms with Crippen LogP contribution in [0.1, 0.15) is 27.2 Å². The minimum Gasteiger partial charge on any atom is -0.351 e. The number of hydrogen-bond acceptors (Lipinski definition) is 4. The van der Waals surface area contributed by atoms with E-state index in [0.717, 1.165) is 18.2 Å². The second-order valence-corrected chi connectivity index (χ2v) is 8.02. The van der Waals surface area contributed by atoms with E-state index < -0.39 is 5.82 Å². The first kappa shape index (κ1) is 20.1. The Morgan fingerprint density at radius 3 is 2.57 bits per heavy atom. The van der Waals surface area contributed by atoms with Crippen LogP contribution >= 0.6 is 11.8 Å². The van der Waals surface area contributed by atoms with E-state index in [9.17, 15) is 14.0 Å². The Balaban J connectivity index is 2.04. The van der Waals surface area contributed by atoms with Gasteiger partial charge in [-0.15, -0.1) is 0 Å². The summed E-state index contributed by atoms with van der Waals surface area (Å²) in [5.41, 5.74) is -0.0634. The molecule has 0 radical (unpaired) electrons. The van der Waals surface area contributed by atoms with Crippen molar-refractivity contribution in [3.8, 4) is 5.69 Å². The lowest BCUT2D eigenvalue weighted by Crippen LogP contribution is -2.43. The van der Waals surface area contributed by atoms with Crippen LogP contribution in [0.15, 0.2) is 58.5 Å². The Morgan fingerprint density at radius 2 is 1.86 bits per heavy atom. The molecule has 0 saturated carbocycles. The molecule has 2 aromatic carbocycles. The van der Waals surface area contributed by atoms with Crippen molar-refractivity contribution in [2.75, 3.05) is 5.75 Å². The summed E-state index contributed by atoms with van der Waals surface area (Å²) in [7, 11) is 0. The quantitative estimate of drug-likeness (QED) is 0.504. The summed E-state index contributed by atoms with van der Waals surface area (Å²) in [4.78, 5) is 29.9. The van der Waals surface area contributed by atoms with Gasteiger partial charge < -0.3 is 5.32 Å². The average molecular weight is 399 g/mol. The van der Waals surface area contributed by atoms with Crippen molar-refractivity contribution in [2.45, 2.75) is 37.9 Å². The van der Waals surface area contributed by atoms with Crippen LogP contribution in [0.2, 0.25) is 0 Å². The highest BCUT2D eigenvalue weighted by molar-refractivity contribution is 7.99. The van der Waals surface area contributed by atoms with Crippen molar-refractivity contribution < 1.29 is 9.18 Å². The molecule has 1 amide bonds. The lowest BCUT2D eigenvalue weighted by atomic mass is 10.0. The van der Waals surface area contributed by atoms with Gasteiger partial charge in [0.05, 0.1) is 22.3 Å². The zero-order chi connectivity index (χ0) is 20.3. The second-order valence-electron chi connectivity index (χ2n) is 7.08. The number of carbonyl (C=O) groups excluding carboxylic acids is 1. The van der Waals surface area contributed by atoms with Crippen molar-refractivity contribution in [1.82, 2.24) is 14.9 Å². The van der Waals surface area contributed by atoms with Crippen LogP contribution in [-0.2, 0) is 4.79 Å². The maximum absolute atomic E-state index is 14.4. The highest BCUT2D eigenvalue weighted by Crippen LogP contribution is 2.23. The van der Waals surface area contributed by atoms with Crippen molar-refractivity contribution >= 4 is 28.6 Å². The molecule has 146 valence electrons. The number of fused-ring (bicyclic) bond motifs is 1.